The average molecular weight is 703 g/mol. The van der Waals surface area contributed by atoms with Gasteiger partial charge in [0.05, 0.1) is 15.2 Å². The molecule has 0 saturated carbocycles. The van der Waals surface area contributed by atoms with Gasteiger partial charge in [0.25, 0.3) is 0 Å². The first-order valence-corrected chi connectivity index (χ1v) is 39.5. The molecule has 11 heteroatoms. The van der Waals surface area contributed by atoms with Gasteiger partial charge in [-0.3, -0.25) is 0 Å². The molecule has 0 unspecified atom stereocenters. The zero-order chi connectivity index (χ0) is 17.0. The van der Waals surface area contributed by atoms with Crippen LogP contribution in [0.4, 0.5) is 0 Å². The fourth-order valence-corrected chi connectivity index (χ4v) is 310. The molecule has 0 amide bonds. The molecule has 0 aromatic carbocycles. The highest BCUT2D eigenvalue weighted by molar-refractivity contribution is 9.67. The van der Waals surface area contributed by atoms with E-state index >= 15 is 0 Å². The van der Waals surface area contributed by atoms with Crippen LogP contribution in [-0.4, -0.2) is 36.7 Å². The topological polar surface area (TPSA) is 0 Å². The minimum atomic E-state index is -1.66. The van der Waals surface area contributed by atoms with E-state index in [0.717, 1.165) is 0 Å². The van der Waals surface area contributed by atoms with E-state index < -0.39 is 36.7 Å². The third-order valence-corrected chi connectivity index (χ3v) is 228. The molecular weight excluding hydrogens is 676 g/mol. The van der Waals surface area contributed by atoms with Crippen molar-refractivity contribution in [3.8, 4) is 0 Å². The maximum Gasteiger partial charge on any atom is 0.190 e. The number of rotatable bonds is 5. The van der Waals surface area contributed by atoms with Gasteiger partial charge in [0.2, 0.25) is 0 Å². The molecule has 20 heavy (non-hydrogen) atoms. The Hall–Kier alpha value is 3.70. The zero-order valence-corrected chi connectivity index (χ0v) is 27.8. The van der Waals surface area contributed by atoms with Gasteiger partial charge in [-0.25, -0.2) is 0 Å². The van der Waals surface area contributed by atoms with E-state index in [-0.39, 0.29) is 0 Å². The summed E-state index contributed by atoms with van der Waals surface area (Å²) in [7, 11) is -3.94. The monoisotopic (exact) mass is 698 g/mol. The van der Waals surface area contributed by atoms with E-state index in [1.54, 1.807) is 0 Å². The van der Waals surface area contributed by atoms with Crippen LogP contribution in [0.15, 0.2) is 0 Å². The Morgan fingerprint density at radius 2 is 0.600 bits per heavy atom. The van der Waals surface area contributed by atoms with Crippen molar-refractivity contribution in [2.45, 2.75) is 58.9 Å². The second kappa shape index (κ2) is 6.78. The molecule has 0 aromatic rings. The molecule has 0 N–H and O–H groups in total. The summed E-state index contributed by atoms with van der Waals surface area (Å²) < 4.78 is -3.31. The van der Waals surface area contributed by atoms with E-state index in [1.165, 1.54) is 0 Å². The van der Waals surface area contributed by atoms with Crippen molar-refractivity contribution < 1.29 is 0 Å². The smallest absolute Gasteiger partial charge is 0.133 e. The maximum absolute atomic E-state index is 4.53. The van der Waals surface area contributed by atoms with Crippen molar-refractivity contribution in [2.24, 2.45) is 0 Å². The van der Waals surface area contributed by atoms with Crippen LogP contribution >= 0.6 is 76.5 Å². The Bertz CT molecular complexity index is 338. The fourth-order valence-electron chi connectivity index (χ4n) is 2.17. The number of hydrogen-bond acceptors (Lipinski definition) is 0. The Labute approximate surface area is 169 Å². The van der Waals surface area contributed by atoms with Crippen LogP contribution < -0.4 is 0 Å². The SMILES string of the molecule is C[Si](C)(C)[Si](Br)(Br)[Si](Br)([Si](C)(C)C)[Si](Br)(Br)[Si](C)(C)C. The summed E-state index contributed by atoms with van der Waals surface area (Å²) in [5.41, 5.74) is 0. The molecule has 0 aliphatic heterocycles. The predicted octanol–water partition coefficient (Wildman–Crippen LogP) is 7.20. The normalized spacial score (nSPS) is 16.5. The number of hydrogen-bond donors (Lipinski definition) is 0. The Morgan fingerprint density at radius 3 is 0.700 bits per heavy atom. The Morgan fingerprint density at radius 1 is 0.400 bits per heavy atom. The van der Waals surface area contributed by atoms with Gasteiger partial charge >= 0.3 is 0 Å². The summed E-state index contributed by atoms with van der Waals surface area (Å²) in [5.74, 6) is 0. The molecule has 0 fully saturated rings. The Kier molecular flexibility index (Phi) is 8.04. The molecule has 0 aromatic heterocycles. The average Bonchev–Trinajstić information content (AvgIpc) is 2.10. The largest absolute Gasteiger partial charge is 0.190 e. The van der Waals surface area contributed by atoms with Crippen LogP contribution in [0, 0.1) is 0 Å². The molecule has 0 atom stereocenters. The summed E-state index contributed by atoms with van der Waals surface area (Å²) >= 11 is 21.9. The molecular formula is C9H27Br5Si6. The molecule has 0 nitrogen and oxygen atoms in total. The van der Waals surface area contributed by atoms with E-state index in [9.17, 15) is 0 Å². The highest BCUT2D eigenvalue weighted by Crippen LogP contribution is 2.56. The van der Waals surface area contributed by atoms with Crippen molar-refractivity contribution in [3.05, 3.63) is 0 Å². The minimum Gasteiger partial charge on any atom is -0.133 e. The molecule has 0 aliphatic carbocycles. The molecule has 0 saturated heterocycles. The van der Waals surface area contributed by atoms with Gasteiger partial charge in [0, 0.05) is 7.59 Å². The van der Waals surface area contributed by atoms with Gasteiger partial charge in [-0.1, -0.05) is 58.9 Å². The van der Waals surface area contributed by atoms with Gasteiger partial charge in [-0.2, -0.15) is 0 Å². The molecule has 0 radical (unpaired) electrons. The minimum absolute atomic E-state index is 1.30. The highest BCUT2D eigenvalue weighted by atomic mass is 79.9. The zero-order valence-electron chi connectivity index (χ0n) is 13.9. The van der Waals surface area contributed by atoms with E-state index in [2.05, 4.69) is 135 Å². The summed E-state index contributed by atoms with van der Waals surface area (Å²) in [6.07, 6.45) is 0. The summed E-state index contributed by atoms with van der Waals surface area (Å²) in [5, 5.41) is -1.66. The predicted molar refractivity (Wildman–Crippen MR) is 132 cm³/mol. The van der Waals surface area contributed by atoms with Gasteiger partial charge in [0.15, 0.2) is 13.9 Å². The van der Waals surface area contributed by atoms with Gasteiger partial charge in [-0.05, 0) is 0 Å². The van der Waals surface area contributed by atoms with Crippen molar-refractivity contribution in [2.75, 3.05) is 0 Å². The van der Waals surface area contributed by atoms with Crippen molar-refractivity contribution in [1.29, 1.82) is 0 Å². The highest BCUT2D eigenvalue weighted by Gasteiger charge is 2.75. The quantitative estimate of drug-likeness (QED) is 0.210. The standard InChI is InChI=1S/C9H27Br5Si6/c1-15(2,3)18(10,11)20(14,17(7,8)9)19(12,13)16(4,5)6/h1-9H3. The molecule has 0 heterocycles. The second-order valence-electron chi connectivity index (χ2n) is 8.56. The lowest BCUT2D eigenvalue weighted by molar-refractivity contribution is 1.83. The van der Waals surface area contributed by atoms with E-state index in [0.29, 0.717) is 0 Å². The van der Waals surface area contributed by atoms with E-state index in [1.807, 2.05) is 0 Å². The molecule has 0 spiro atoms. The van der Waals surface area contributed by atoms with Crippen molar-refractivity contribution in [3.63, 3.8) is 0 Å². The molecule has 0 bridgehead atoms. The lowest BCUT2D eigenvalue weighted by Crippen LogP contribution is -2.87. The molecule has 0 aliphatic rings. The van der Waals surface area contributed by atoms with Crippen LogP contribution in [0.5, 0.6) is 0 Å². The molecule has 122 valence electrons. The summed E-state index contributed by atoms with van der Waals surface area (Å²) in [4.78, 5) is 0. The van der Waals surface area contributed by atoms with Crippen molar-refractivity contribution >= 4 is 113 Å². The first kappa shape index (κ1) is 23.7. The van der Waals surface area contributed by atoms with Crippen LogP contribution in [0.3, 0.4) is 0 Å². The van der Waals surface area contributed by atoms with Crippen LogP contribution in [0.1, 0.15) is 0 Å². The fraction of sp³-hybridized carbons (Fsp3) is 1.00. The van der Waals surface area contributed by atoms with Gasteiger partial charge in [-0.15, -0.1) is 76.5 Å². The van der Waals surface area contributed by atoms with Crippen LogP contribution in [-0.2, 0) is 0 Å². The Balaban J connectivity index is 6.50. The van der Waals surface area contributed by atoms with Gasteiger partial charge in [0.1, 0.15) is 0 Å². The van der Waals surface area contributed by atoms with E-state index in [4.69, 9.17) is 0 Å². The molecule has 0 rings (SSSR count). The lowest BCUT2D eigenvalue weighted by Gasteiger charge is -2.57. The second-order valence-corrected chi connectivity index (χ2v) is 111. The first-order valence-electron chi connectivity index (χ1n) is 6.69. The van der Waals surface area contributed by atoms with Crippen LogP contribution in [0.25, 0.3) is 0 Å². The van der Waals surface area contributed by atoms with Gasteiger partial charge < -0.3 is 0 Å². The first-order chi connectivity index (χ1) is 8.25. The summed E-state index contributed by atoms with van der Waals surface area (Å²) in [6.45, 7) is 22.9. The van der Waals surface area contributed by atoms with Crippen LogP contribution in [0.2, 0.25) is 58.9 Å². The third-order valence-electron chi connectivity index (χ3n) is 3.78. The maximum atomic E-state index is 4.53. The van der Waals surface area contributed by atoms with Crippen molar-refractivity contribution in [1.82, 2.24) is 0 Å². The third kappa shape index (κ3) is 3.92. The number of halogens is 5. The lowest BCUT2D eigenvalue weighted by atomic mass is 11.8. The summed E-state index contributed by atoms with van der Waals surface area (Å²) in [6, 6.07) is 0.